The molecule has 0 bridgehead atoms. The lowest BCUT2D eigenvalue weighted by molar-refractivity contribution is 0.0945. The molecular formula is C13H18N2O. The molecule has 1 heterocycles. The zero-order chi connectivity index (χ0) is 11.5. The largest absolute Gasteiger partial charge is 0.398 e. The number of nitrogens with zero attached hydrogens (tertiary/aromatic N) is 1. The van der Waals surface area contributed by atoms with Gasteiger partial charge in [0.1, 0.15) is 0 Å². The molecule has 3 nitrogen and oxygen atoms in total. The summed E-state index contributed by atoms with van der Waals surface area (Å²) in [5.74, 6) is 0.175. The monoisotopic (exact) mass is 218 g/mol. The summed E-state index contributed by atoms with van der Waals surface area (Å²) >= 11 is 0. The van der Waals surface area contributed by atoms with E-state index in [0.29, 0.717) is 12.2 Å². The van der Waals surface area contributed by atoms with Gasteiger partial charge < -0.3 is 5.73 Å². The first-order valence-electron chi connectivity index (χ1n) is 5.78. The highest BCUT2D eigenvalue weighted by molar-refractivity contribution is 5.98. The van der Waals surface area contributed by atoms with E-state index in [4.69, 9.17) is 5.73 Å². The Bertz CT molecular complexity index is 395. The van der Waals surface area contributed by atoms with Crippen molar-refractivity contribution >= 4 is 11.5 Å². The molecule has 0 saturated carbocycles. The highest BCUT2D eigenvalue weighted by Crippen LogP contribution is 2.15. The summed E-state index contributed by atoms with van der Waals surface area (Å²) in [5.41, 5.74) is 8.26. The van der Waals surface area contributed by atoms with Crippen molar-refractivity contribution < 1.29 is 4.79 Å². The number of aryl methyl sites for hydroxylation is 1. The van der Waals surface area contributed by atoms with Gasteiger partial charge in [0.15, 0.2) is 5.78 Å². The lowest BCUT2D eigenvalue weighted by Gasteiger charge is -2.13. The number of anilines is 1. The predicted octanol–water partition coefficient (Wildman–Crippen LogP) is 1.86. The molecule has 0 radical (unpaired) electrons. The number of nitrogen functional groups attached to an aromatic ring is 1. The van der Waals surface area contributed by atoms with Crippen molar-refractivity contribution in [2.24, 2.45) is 0 Å². The van der Waals surface area contributed by atoms with Crippen LogP contribution in [0.15, 0.2) is 18.2 Å². The van der Waals surface area contributed by atoms with Gasteiger partial charge in [-0.05, 0) is 44.5 Å². The zero-order valence-corrected chi connectivity index (χ0v) is 9.70. The van der Waals surface area contributed by atoms with Crippen LogP contribution in [-0.2, 0) is 0 Å². The Kier molecular flexibility index (Phi) is 3.25. The van der Waals surface area contributed by atoms with E-state index in [1.165, 1.54) is 12.8 Å². The van der Waals surface area contributed by atoms with Crippen LogP contribution in [0.5, 0.6) is 0 Å². The molecule has 0 aliphatic carbocycles. The molecule has 2 N–H and O–H groups in total. The highest BCUT2D eigenvalue weighted by atomic mass is 16.1. The van der Waals surface area contributed by atoms with Gasteiger partial charge in [-0.15, -0.1) is 0 Å². The number of hydrogen-bond acceptors (Lipinski definition) is 3. The molecular weight excluding hydrogens is 200 g/mol. The first kappa shape index (κ1) is 11.1. The normalized spacial score (nSPS) is 16.6. The number of rotatable bonds is 3. The number of benzene rings is 1. The topological polar surface area (TPSA) is 46.3 Å². The Labute approximate surface area is 96.2 Å². The maximum absolute atomic E-state index is 12.0. The Morgan fingerprint density at radius 1 is 1.38 bits per heavy atom. The molecule has 0 spiro atoms. The molecule has 86 valence electrons. The van der Waals surface area contributed by atoms with Crippen molar-refractivity contribution in [2.45, 2.75) is 19.8 Å². The number of nitrogens with two attached hydrogens (primary N) is 1. The second-order valence-electron chi connectivity index (χ2n) is 4.48. The second kappa shape index (κ2) is 4.66. The third-order valence-corrected chi connectivity index (χ3v) is 3.17. The second-order valence-corrected chi connectivity index (χ2v) is 4.48. The molecule has 0 amide bonds. The van der Waals surface area contributed by atoms with E-state index in [-0.39, 0.29) is 5.78 Å². The Morgan fingerprint density at radius 2 is 2.06 bits per heavy atom. The lowest BCUT2D eigenvalue weighted by Crippen LogP contribution is -2.26. The smallest absolute Gasteiger partial charge is 0.176 e. The van der Waals surface area contributed by atoms with Gasteiger partial charge in [0, 0.05) is 11.3 Å². The SMILES string of the molecule is Cc1ccc(C(=O)CN2CCCC2)cc1N. The van der Waals surface area contributed by atoms with E-state index in [2.05, 4.69) is 4.90 Å². The molecule has 1 aliphatic rings. The number of carbonyl (C=O) groups excluding carboxylic acids is 1. The molecule has 16 heavy (non-hydrogen) atoms. The molecule has 3 heteroatoms. The number of likely N-dealkylation sites (tertiary alicyclic amines) is 1. The Morgan fingerprint density at radius 3 is 2.69 bits per heavy atom. The van der Waals surface area contributed by atoms with Crippen LogP contribution in [-0.4, -0.2) is 30.3 Å². The van der Waals surface area contributed by atoms with Crippen molar-refractivity contribution in [3.05, 3.63) is 29.3 Å². The Hall–Kier alpha value is -1.35. The van der Waals surface area contributed by atoms with Gasteiger partial charge in [-0.3, -0.25) is 9.69 Å². The average molecular weight is 218 g/mol. The highest BCUT2D eigenvalue weighted by Gasteiger charge is 2.16. The summed E-state index contributed by atoms with van der Waals surface area (Å²) in [6.45, 7) is 4.58. The van der Waals surface area contributed by atoms with Crippen molar-refractivity contribution in [1.82, 2.24) is 4.90 Å². The molecule has 1 fully saturated rings. The van der Waals surface area contributed by atoms with Gasteiger partial charge in [-0.1, -0.05) is 12.1 Å². The third-order valence-electron chi connectivity index (χ3n) is 3.17. The summed E-state index contributed by atoms with van der Waals surface area (Å²) in [6.07, 6.45) is 2.42. The minimum absolute atomic E-state index is 0.175. The van der Waals surface area contributed by atoms with E-state index in [9.17, 15) is 4.79 Å². The van der Waals surface area contributed by atoms with Crippen molar-refractivity contribution in [1.29, 1.82) is 0 Å². The molecule has 0 atom stereocenters. The van der Waals surface area contributed by atoms with E-state index < -0.39 is 0 Å². The van der Waals surface area contributed by atoms with Gasteiger partial charge in [-0.2, -0.15) is 0 Å². The fourth-order valence-corrected chi connectivity index (χ4v) is 2.05. The van der Waals surface area contributed by atoms with Crippen LogP contribution in [0.1, 0.15) is 28.8 Å². The van der Waals surface area contributed by atoms with Crippen molar-refractivity contribution in [3.8, 4) is 0 Å². The van der Waals surface area contributed by atoms with Gasteiger partial charge in [0.25, 0.3) is 0 Å². The van der Waals surface area contributed by atoms with E-state index in [1.807, 2.05) is 19.1 Å². The van der Waals surface area contributed by atoms with Crippen LogP contribution < -0.4 is 5.73 Å². The van der Waals surface area contributed by atoms with Gasteiger partial charge in [-0.25, -0.2) is 0 Å². The van der Waals surface area contributed by atoms with Crippen LogP contribution in [0, 0.1) is 6.92 Å². The maximum Gasteiger partial charge on any atom is 0.176 e. The van der Waals surface area contributed by atoms with Gasteiger partial charge in [0.2, 0.25) is 0 Å². The fraction of sp³-hybridized carbons (Fsp3) is 0.462. The number of carbonyl (C=O) groups is 1. The molecule has 1 aromatic carbocycles. The lowest BCUT2D eigenvalue weighted by atomic mass is 10.1. The summed E-state index contributed by atoms with van der Waals surface area (Å²) in [7, 11) is 0. The van der Waals surface area contributed by atoms with Gasteiger partial charge in [0.05, 0.1) is 6.54 Å². The fourth-order valence-electron chi connectivity index (χ4n) is 2.05. The van der Waals surface area contributed by atoms with E-state index in [0.717, 1.165) is 24.2 Å². The Balaban J connectivity index is 2.05. The minimum Gasteiger partial charge on any atom is -0.398 e. The van der Waals surface area contributed by atoms with Crippen molar-refractivity contribution in [3.63, 3.8) is 0 Å². The molecule has 0 unspecified atom stereocenters. The predicted molar refractivity (Wildman–Crippen MR) is 65.6 cm³/mol. The molecule has 1 aliphatic heterocycles. The quantitative estimate of drug-likeness (QED) is 0.622. The zero-order valence-electron chi connectivity index (χ0n) is 9.70. The summed E-state index contributed by atoms with van der Waals surface area (Å²) in [6, 6.07) is 5.56. The van der Waals surface area contributed by atoms with Gasteiger partial charge >= 0.3 is 0 Å². The van der Waals surface area contributed by atoms with Crippen LogP contribution >= 0.6 is 0 Å². The number of Topliss-reactive ketones (excluding diaryl/α,β-unsaturated/α-hetero) is 1. The van der Waals surface area contributed by atoms with Crippen LogP contribution in [0.3, 0.4) is 0 Å². The summed E-state index contributed by atoms with van der Waals surface area (Å²) < 4.78 is 0. The van der Waals surface area contributed by atoms with E-state index in [1.54, 1.807) is 6.07 Å². The molecule has 1 aromatic rings. The summed E-state index contributed by atoms with van der Waals surface area (Å²) in [5, 5.41) is 0. The maximum atomic E-state index is 12.0. The number of ketones is 1. The van der Waals surface area contributed by atoms with Crippen LogP contribution in [0.25, 0.3) is 0 Å². The van der Waals surface area contributed by atoms with E-state index >= 15 is 0 Å². The first-order chi connectivity index (χ1) is 7.66. The summed E-state index contributed by atoms with van der Waals surface area (Å²) in [4.78, 5) is 14.2. The molecule has 0 aromatic heterocycles. The third kappa shape index (κ3) is 2.42. The first-order valence-corrected chi connectivity index (χ1v) is 5.78. The van der Waals surface area contributed by atoms with Crippen LogP contribution in [0.4, 0.5) is 5.69 Å². The standard InChI is InChI=1S/C13H18N2O/c1-10-4-5-11(8-12(10)14)13(16)9-15-6-2-3-7-15/h4-5,8H,2-3,6-7,9,14H2,1H3. The molecule has 1 saturated heterocycles. The minimum atomic E-state index is 0.175. The van der Waals surface area contributed by atoms with Crippen molar-refractivity contribution in [2.75, 3.05) is 25.4 Å². The molecule has 2 rings (SSSR count). The number of hydrogen-bond donors (Lipinski definition) is 1. The average Bonchev–Trinajstić information content (AvgIpc) is 2.74. The van der Waals surface area contributed by atoms with Crippen LogP contribution in [0.2, 0.25) is 0 Å².